The van der Waals surface area contributed by atoms with E-state index in [2.05, 4.69) is 38.7 Å². The minimum absolute atomic E-state index is 0.0281. The summed E-state index contributed by atoms with van der Waals surface area (Å²) in [4.78, 5) is 11.9. The van der Waals surface area contributed by atoms with Gasteiger partial charge in [0.1, 0.15) is 12.2 Å². The van der Waals surface area contributed by atoms with Gasteiger partial charge in [-0.15, -0.1) is 0 Å². The highest BCUT2D eigenvalue weighted by molar-refractivity contribution is 5.72. The van der Waals surface area contributed by atoms with Gasteiger partial charge in [0.25, 0.3) is 0 Å². The van der Waals surface area contributed by atoms with E-state index in [4.69, 9.17) is 23.7 Å². The van der Waals surface area contributed by atoms with E-state index in [-0.39, 0.29) is 54.1 Å². The Bertz CT molecular complexity index is 717. The first-order chi connectivity index (χ1) is 15.4. The van der Waals surface area contributed by atoms with E-state index in [0.717, 1.165) is 58.2 Å². The molecule has 6 heteroatoms. The number of fused-ring (bicyclic) bond motifs is 1. The third kappa shape index (κ3) is 6.57. The number of carbonyl (C=O) groups is 1. The lowest BCUT2D eigenvalue weighted by atomic mass is 9.91. The molecule has 7 atom stereocenters. The van der Waals surface area contributed by atoms with Gasteiger partial charge in [0.05, 0.1) is 12.5 Å². The molecule has 0 aromatic rings. The van der Waals surface area contributed by atoms with Crippen molar-refractivity contribution in [3.05, 3.63) is 12.2 Å². The number of hydrogen-bond donors (Lipinski definition) is 0. The van der Waals surface area contributed by atoms with Crippen LogP contribution in [0.5, 0.6) is 0 Å². The Balaban J connectivity index is 1.48. The molecule has 32 heavy (non-hydrogen) atoms. The molecule has 0 N–H and O–H groups in total. The van der Waals surface area contributed by atoms with Crippen LogP contribution in [-0.2, 0) is 28.5 Å². The van der Waals surface area contributed by atoms with Gasteiger partial charge in [-0.2, -0.15) is 0 Å². The van der Waals surface area contributed by atoms with Crippen molar-refractivity contribution in [1.29, 1.82) is 0 Å². The summed E-state index contributed by atoms with van der Waals surface area (Å²) in [5, 5.41) is 0. The second kappa shape index (κ2) is 10.7. The van der Waals surface area contributed by atoms with Crippen LogP contribution in [0.3, 0.4) is 0 Å². The molecule has 0 spiro atoms. The summed E-state index contributed by atoms with van der Waals surface area (Å²) in [6.07, 6.45) is 10.7. The van der Waals surface area contributed by atoms with Gasteiger partial charge in [0, 0.05) is 36.9 Å². The molecule has 3 saturated heterocycles. The first-order valence-corrected chi connectivity index (χ1v) is 12.3. The average molecular weight is 447 g/mol. The number of rotatable bonds is 6. The third-order valence-corrected chi connectivity index (χ3v) is 6.55. The van der Waals surface area contributed by atoms with Crippen molar-refractivity contribution in [2.24, 2.45) is 17.3 Å². The lowest BCUT2D eigenvalue weighted by molar-refractivity contribution is -0.194. The fraction of sp³-hybridized carbons (Fsp3) is 0.808. The van der Waals surface area contributed by atoms with Crippen LogP contribution in [0.15, 0.2) is 12.2 Å². The molecule has 3 aliphatic heterocycles. The lowest BCUT2D eigenvalue weighted by Crippen LogP contribution is -2.31. The van der Waals surface area contributed by atoms with Crippen LogP contribution in [0.1, 0.15) is 72.1 Å². The SMILES string of the molecule is CC(C)(C)C#C[C@@H](C=C[C@@H]1[C@H]2CC(=O)O[C@H]2C[C@H]1OC1CCCCO1)OC1CCCCO1. The molecule has 0 radical (unpaired) electrons. The zero-order valence-corrected chi connectivity index (χ0v) is 19.7. The van der Waals surface area contributed by atoms with E-state index < -0.39 is 0 Å². The van der Waals surface area contributed by atoms with E-state index in [1.165, 1.54) is 0 Å². The van der Waals surface area contributed by atoms with E-state index in [9.17, 15) is 4.79 Å². The van der Waals surface area contributed by atoms with Gasteiger partial charge in [-0.3, -0.25) is 4.79 Å². The molecule has 4 fully saturated rings. The number of hydrogen-bond acceptors (Lipinski definition) is 6. The quantitative estimate of drug-likeness (QED) is 0.343. The highest BCUT2D eigenvalue weighted by Gasteiger charge is 2.50. The molecular formula is C26H38O6. The maximum Gasteiger partial charge on any atom is 0.306 e. The Morgan fingerprint density at radius 2 is 1.78 bits per heavy atom. The van der Waals surface area contributed by atoms with Gasteiger partial charge >= 0.3 is 5.97 Å². The minimum Gasteiger partial charge on any atom is -0.462 e. The predicted octanol–water partition coefficient (Wildman–Crippen LogP) is 4.37. The van der Waals surface area contributed by atoms with Crippen LogP contribution in [-0.4, -0.2) is 50.1 Å². The van der Waals surface area contributed by atoms with Gasteiger partial charge < -0.3 is 23.7 Å². The van der Waals surface area contributed by atoms with Crippen LogP contribution in [0.2, 0.25) is 0 Å². The molecule has 6 nitrogen and oxygen atoms in total. The Morgan fingerprint density at radius 1 is 1.06 bits per heavy atom. The van der Waals surface area contributed by atoms with Crippen molar-refractivity contribution >= 4 is 5.97 Å². The maximum atomic E-state index is 11.9. The van der Waals surface area contributed by atoms with E-state index in [1.54, 1.807) is 0 Å². The summed E-state index contributed by atoms with van der Waals surface area (Å²) < 4.78 is 29.8. The normalized spacial score (nSPS) is 36.4. The minimum atomic E-state index is -0.360. The molecular weight excluding hydrogens is 408 g/mol. The molecule has 1 aliphatic carbocycles. The van der Waals surface area contributed by atoms with Crippen LogP contribution in [0, 0.1) is 29.1 Å². The molecule has 0 aromatic heterocycles. The molecule has 4 rings (SSSR count). The van der Waals surface area contributed by atoms with E-state index in [0.29, 0.717) is 6.42 Å². The number of ether oxygens (including phenoxy) is 5. The van der Waals surface area contributed by atoms with Gasteiger partial charge in [-0.25, -0.2) is 0 Å². The van der Waals surface area contributed by atoms with E-state index >= 15 is 0 Å². The summed E-state index contributed by atoms with van der Waals surface area (Å²) in [5.41, 5.74) is -0.114. The summed E-state index contributed by atoms with van der Waals surface area (Å²) >= 11 is 0. The maximum absolute atomic E-state index is 11.9. The average Bonchev–Trinajstić information content (AvgIpc) is 3.26. The molecule has 2 unspecified atom stereocenters. The largest absolute Gasteiger partial charge is 0.462 e. The second-order valence-corrected chi connectivity index (χ2v) is 10.4. The molecule has 4 aliphatic rings. The summed E-state index contributed by atoms with van der Waals surface area (Å²) in [5.74, 6) is 6.70. The van der Waals surface area contributed by atoms with Gasteiger partial charge in [-0.05, 0) is 65.4 Å². The Morgan fingerprint density at radius 3 is 2.44 bits per heavy atom. The van der Waals surface area contributed by atoms with Crippen molar-refractivity contribution in [1.82, 2.24) is 0 Å². The van der Waals surface area contributed by atoms with Crippen molar-refractivity contribution in [3.8, 4) is 11.8 Å². The molecule has 0 aromatic carbocycles. The predicted molar refractivity (Wildman–Crippen MR) is 119 cm³/mol. The molecule has 1 saturated carbocycles. The summed E-state index contributed by atoms with van der Waals surface area (Å²) in [6, 6.07) is 0. The van der Waals surface area contributed by atoms with Crippen molar-refractivity contribution in [2.75, 3.05) is 13.2 Å². The van der Waals surface area contributed by atoms with Crippen molar-refractivity contribution < 1.29 is 28.5 Å². The Kier molecular flexibility index (Phi) is 7.94. The van der Waals surface area contributed by atoms with Gasteiger partial charge in [0.15, 0.2) is 12.6 Å². The van der Waals surface area contributed by atoms with Gasteiger partial charge in [-0.1, -0.05) is 17.9 Å². The number of esters is 1. The zero-order valence-electron chi connectivity index (χ0n) is 19.7. The summed E-state index contributed by atoms with van der Waals surface area (Å²) in [7, 11) is 0. The zero-order chi connectivity index (χ0) is 22.6. The highest BCUT2D eigenvalue weighted by Crippen LogP contribution is 2.44. The smallest absolute Gasteiger partial charge is 0.306 e. The molecule has 178 valence electrons. The van der Waals surface area contributed by atoms with Gasteiger partial charge in [0.2, 0.25) is 0 Å². The molecule has 3 heterocycles. The standard InChI is InChI=1S/C26H38O6/c1-26(2,3)13-12-18(30-24-8-4-6-14-28-24)10-11-19-20-16-23(27)31-22(20)17-21(19)32-25-9-5-7-15-29-25/h10-11,18-22,24-25H,4-9,14-17H2,1-3H3/t18-,19-,20-,21-,22+,24?,25?/m1/s1. The third-order valence-electron chi connectivity index (χ3n) is 6.55. The van der Waals surface area contributed by atoms with Crippen molar-refractivity contribution in [3.63, 3.8) is 0 Å². The lowest BCUT2D eigenvalue weighted by Gasteiger charge is -2.29. The molecule has 0 bridgehead atoms. The monoisotopic (exact) mass is 446 g/mol. The van der Waals surface area contributed by atoms with E-state index in [1.807, 2.05) is 6.08 Å². The van der Waals surface area contributed by atoms with Crippen LogP contribution in [0.25, 0.3) is 0 Å². The topological polar surface area (TPSA) is 63.2 Å². The first-order valence-electron chi connectivity index (χ1n) is 12.3. The highest BCUT2D eigenvalue weighted by atomic mass is 16.7. The van der Waals surface area contributed by atoms with Crippen molar-refractivity contribution in [2.45, 2.75) is 103 Å². The van der Waals surface area contributed by atoms with Crippen LogP contribution >= 0.6 is 0 Å². The fourth-order valence-corrected chi connectivity index (χ4v) is 4.95. The molecule has 0 amide bonds. The summed E-state index contributed by atoms with van der Waals surface area (Å²) in [6.45, 7) is 7.76. The second-order valence-electron chi connectivity index (χ2n) is 10.4. The first kappa shape index (κ1) is 23.8. The van der Waals surface area contributed by atoms with Crippen LogP contribution < -0.4 is 0 Å². The van der Waals surface area contributed by atoms with Crippen LogP contribution in [0.4, 0.5) is 0 Å². The number of carbonyl (C=O) groups excluding carboxylic acids is 1. The fourth-order valence-electron chi connectivity index (χ4n) is 4.95. The Labute approximate surface area is 192 Å². The Hall–Kier alpha value is -1.39.